The van der Waals surface area contributed by atoms with Gasteiger partial charge in [0.1, 0.15) is 0 Å². The highest BCUT2D eigenvalue weighted by Gasteiger charge is 2.47. The molecular formula is C17H24ClN3O2. The summed E-state index contributed by atoms with van der Waals surface area (Å²) in [6.07, 6.45) is 1.74. The van der Waals surface area contributed by atoms with E-state index in [0.717, 1.165) is 6.42 Å². The van der Waals surface area contributed by atoms with Crippen LogP contribution < -0.4 is 11.1 Å². The van der Waals surface area contributed by atoms with Gasteiger partial charge in [0.05, 0.1) is 6.04 Å². The van der Waals surface area contributed by atoms with Crippen LogP contribution in [0.25, 0.3) is 0 Å². The van der Waals surface area contributed by atoms with E-state index >= 15 is 0 Å². The number of nitrogens with zero attached hydrogens (tertiary/aromatic N) is 1. The summed E-state index contributed by atoms with van der Waals surface area (Å²) in [6, 6.07) is 10.4. The first kappa shape index (κ1) is 17.8. The van der Waals surface area contributed by atoms with Crippen molar-refractivity contribution in [1.82, 2.24) is 10.2 Å². The fraction of sp³-hybridized carbons (Fsp3) is 0.529. The lowest BCUT2D eigenvalue weighted by molar-refractivity contribution is -0.128. The van der Waals surface area contributed by atoms with Crippen molar-refractivity contribution in [2.45, 2.75) is 50.2 Å². The van der Waals surface area contributed by atoms with Gasteiger partial charge in [-0.3, -0.25) is 9.59 Å². The number of carbonyl (C=O) groups is 2. The Morgan fingerprint density at radius 2 is 2.09 bits per heavy atom. The third-order valence-electron chi connectivity index (χ3n) is 4.42. The Morgan fingerprint density at radius 1 is 1.39 bits per heavy atom. The minimum Gasteiger partial charge on any atom is -0.351 e. The molecule has 1 aromatic carbocycles. The van der Waals surface area contributed by atoms with Crippen molar-refractivity contribution in [3.63, 3.8) is 0 Å². The largest absolute Gasteiger partial charge is 0.351 e. The number of benzene rings is 1. The lowest BCUT2D eigenvalue weighted by atomic mass is 10.1. The Balaban J connectivity index is 0.00000192. The van der Waals surface area contributed by atoms with Gasteiger partial charge in [-0.05, 0) is 18.9 Å². The van der Waals surface area contributed by atoms with E-state index in [0.29, 0.717) is 31.3 Å². The maximum Gasteiger partial charge on any atom is 0.225 e. The molecule has 1 aliphatic carbocycles. The van der Waals surface area contributed by atoms with Crippen LogP contribution in [0.15, 0.2) is 30.3 Å². The van der Waals surface area contributed by atoms with Gasteiger partial charge in [-0.2, -0.15) is 0 Å². The van der Waals surface area contributed by atoms with Gasteiger partial charge in [0.25, 0.3) is 0 Å². The normalized spacial score (nSPS) is 27.3. The molecule has 0 radical (unpaired) electrons. The Bertz CT molecular complexity index is 564. The van der Waals surface area contributed by atoms with Gasteiger partial charge in [0, 0.05) is 37.4 Å². The molecule has 0 bridgehead atoms. The molecule has 2 amide bonds. The van der Waals surface area contributed by atoms with Gasteiger partial charge in [-0.25, -0.2) is 0 Å². The zero-order chi connectivity index (χ0) is 15.7. The second kappa shape index (κ2) is 7.32. The molecule has 3 N–H and O–H groups in total. The van der Waals surface area contributed by atoms with Gasteiger partial charge < -0.3 is 16.0 Å². The van der Waals surface area contributed by atoms with E-state index in [1.165, 1.54) is 5.56 Å². The SMILES string of the molecule is CC(N)CC(=O)NC1CC(=O)N(C2CC2c2ccccc2)C1.Cl. The van der Waals surface area contributed by atoms with E-state index in [1.807, 2.05) is 23.1 Å². The fourth-order valence-corrected chi connectivity index (χ4v) is 3.31. The van der Waals surface area contributed by atoms with Crippen LogP contribution in [0.2, 0.25) is 0 Å². The molecule has 126 valence electrons. The summed E-state index contributed by atoms with van der Waals surface area (Å²) in [7, 11) is 0. The number of nitrogens with one attached hydrogen (secondary N) is 1. The fourth-order valence-electron chi connectivity index (χ4n) is 3.31. The van der Waals surface area contributed by atoms with Crippen molar-refractivity contribution in [1.29, 1.82) is 0 Å². The standard InChI is InChI=1S/C17H23N3O2.ClH/c1-11(18)7-16(21)19-13-8-17(22)20(10-13)15-9-14(15)12-5-3-2-4-6-12;/h2-6,11,13-15H,7-10,18H2,1H3,(H,19,21);1H. The lowest BCUT2D eigenvalue weighted by Crippen LogP contribution is -2.39. The zero-order valence-electron chi connectivity index (χ0n) is 13.3. The molecule has 1 heterocycles. The minimum atomic E-state index is -0.154. The average molecular weight is 338 g/mol. The molecule has 0 aromatic heterocycles. The number of carbonyl (C=O) groups excluding carboxylic acids is 2. The molecule has 3 rings (SSSR count). The molecule has 1 saturated heterocycles. The smallest absolute Gasteiger partial charge is 0.225 e. The third-order valence-corrected chi connectivity index (χ3v) is 4.42. The predicted octanol–water partition coefficient (Wildman–Crippen LogP) is 1.42. The van der Waals surface area contributed by atoms with Gasteiger partial charge in [-0.1, -0.05) is 30.3 Å². The number of hydrogen-bond acceptors (Lipinski definition) is 3. The van der Waals surface area contributed by atoms with Crippen molar-refractivity contribution >= 4 is 24.2 Å². The van der Waals surface area contributed by atoms with Gasteiger partial charge in [0.15, 0.2) is 0 Å². The van der Waals surface area contributed by atoms with E-state index in [1.54, 1.807) is 6.92 Å². The summed E-state index contributed by atoms with van der Waals surface area (Å²) in [6.45, 7) is 2.43. The molecule has 4 atom stereocenters. The number of likely N-dealkylation sites (tertiary alicyclic amines) is 1. The first-order valence-electron chi connectivity index (χ1n) is 7.94. The molecule has 6 heteroatoms. The molecular weight excluding hydrogens is 314 g/mol. The summed E-state index contributed by atoms with van der Waals surface area (Å²) in [5, 5.41) is 2.93. The summed E-state index contributed by atoms with van der Waals surface area (Å²) in [4.78, 5) is 25.9. The Labute approximate surface area is 143 Å². The maximum atomic E-state index is 12.2. The minimum absolute atomic E-state index is 0. The van der Waals surface area contributed by atoms with Crippen LogP contribution in [0.3, 0.4) is 0 Å². The van der Waals surface area contributed by atoms with E-state index in [2.05, 4.69) is 17.4 Å². The van der Waals surface area contributed by atoms with Crippen molar-refractivity contribution in [2.24, 2.45) is 5.73 Å². The molecule has 23 heavy (non-hydrogen) atoms. The first-order valence-corrected chi connectivity index (χ1v) is 7.94. The highest BCUT2D eigenvalue weighted by molar-refractivity contribution is 5.85. The molecule has 1 aromatic rings. The molecule has 0 spiro atoms. The maximum absolute atomic E-state index is 12.2. The van der Waals surface area contributed by atoms with Crippen molar-refractivity contribution in [2.75, 3.05) is 6.54 Å². The van der Waals surface area contributed by atoms with Crippen molar-refractivity contribution < 1.29 is 9.59 Å². The summed E-state index contributed by atoms with van der Waals surface area (Å²) in [5.74, 6) is 0.531. The topological polar surface area (TPSA) is 75.4 Å². The number of amides is 2. The van der Waals surface area contributed by atoms with Gasteiger partial charge in [-0.15, -0.1) is 12.4 Å². The molecule has 4 unspecified atom stereocenters. The molecule has 2 aliphatic rings. The number of nitrogens with two attached hydrogens (primary N) is 1. The Morgan fingerprint density at radius 3 is 2.74 bits per heavy atom. The second-order valence-electron chi connectivity index (χ2n) is 6.52. The highest BCUT2D eigenvalue weighted by Crippen LogP contribution is 2.45. The van der Waals surface area contributed by atoms with Crippen molar-refractivity contribution in [3.8, 4) is 0 Å². The third kappa shape index (κ3) is 4.24. The highest BCUT2D eigenvalue weighted by atomic mass is 35.5. The quantitative estimate of drug-likeness (QED) is 0.853. The van der Waals surface area contributed by atoms with Crippen LogP contribution >= 0.6 is 12.4 Å². The van der Waals surface area contributed by atoms with Crippen molar-refractivity contribution in [3.05, 3.63) is 35.9 Å². The van der Waals surface area contributed by atoms with E-state index in [4.69, 9.17) is 5.73 Å². The second-order valence-corrected chi connectivity index (χ2v) is 6.52. The number of rotatable bonds is 5. The Kier molecular flexibility index (Phi) is 5.65. The predicted molar refractivity (Wildman–Crippen MR) is 91.4 cm³/mol. The monoisotopic (exact) mass is 337 g/mol. The van der Waals surface area contributed by atoms with Crippen LogP contribution in [0, 0.1) is 0 Å². The van der Waals surface area contributed by atoms with Crippen LogP contribution in [-0.2, 0) is 9.59 Å². The summed E-state index contributed by atoms with van der Waals surface area (Å²) in [5.41, 5.74) is 6.92. The van der Waals surface area contributed by atoms with Crippen LogP contribution in [0.5, 0.6) is 0 Å². The van der Waals surface area contributed by atoms with Crippen LogP contribution in [0.4, 0.5) is 0 Å². The molecule has 5 nitrogen and oxygen atoms in total. The van der Waals surface area contributed by atoms with Crippen LogP contribution in [-0.4, -0.2) is 41.4 Å². The zero-order valence-corrected chi connectivity index (χ0v) is 14.1. The molecule has 2 fully saturated rings. The lowest BCUT2D eigenvalue weighted by Gasteiger charge is -2.18. The van der Waals surface area contributed by atoms with E-state index < -0.39 is 0 Å². The van der Waals surface area contributed by atoms with Gasteiger partial charge in [0.2, 0.25) is 11.8 Å². The molecule has 1 saturated carbocycles. The van der Waals surface area contributed by atoms with E-state index in [9.17, 15) is 9.59 Å². The summed E-state index contributed by atoms with van der Waals surface area (Å²) >= 11 is 0. The Hall–Kier alpha value is -1.59. The van der Waals surface area contributed by atoms with Crippen LogP contribution in [0.1, 0.15) is 37.7 Å². The summed E-state index contributed by atoms with van der Waals surface area (Å²) < 4.78 is 0. The number of halogens is 1. The number of hydrogen-bond donors (Lipinski definition) is 2. The average Bonchev–Trinajstić information content (AvgIpc) is 3.17. The van der Waals surface area contributed by atoms with E-state index in [-0.39, 0.29) is 36.3 Å². The molecule has 1 aliphatic heterocycles. The first-order chi connectivity index (χ1) is 10.5. The van der Waals surface area contributed by atoms with Gasteiger partial charge >= 0.3 is 0 Å².